The lowest BCUT2D eigenvalue weighted by Crippen LogP contribution is -2.37. The molecule has 0 atom stereocenters. The fourth-order valence-electron chi connectivity index (χ4n) is 3.29. The maximum Gasteiger partial charge on any atom is 0.243 e. The monoisotopic (exact) mass is 465 g/mol. The largest absolute Gasteiger partial charge is 0.325 e. The number of aromatic nitrogens is 1. The van der Waals surface area contributed by atoms with E-state index in [1.165, 1.54) is 15.8 Å². The topological polar surface area (TPSA) is 79.4 Å². The van der Waals surface area contributed by atoms with Crippen LogP contribution in [0.25, 0.3) is 10.1 Å². The van der Waals surface area contributed by atoms with Gasteiger partial charge in [0.2, 0.25) is 15.9 Å². The molecule has 1 heterocycles. The van der Waals surface area contributed by atoms with Crippen molar-refractivity contribution in [3.63, 3.8) is 0 Å². The van der Waals surface area contributed by atoms with Crippen molar-refractivity contribution >= 4 is 43.2 Å². The average Bonchev–Trinajstić information content (AvgIpc) is 3.23. The standard InChI is InChI=1S/C24H23N3O3S2/c1-17-3-7-19(8-4-17)15-27(32(29,30)22-10-5-18(2)6-11-22)16-24(28)26-21-9-12-23-20(13-21)14-25-31-23/h3-14H,15-16H2,1-2H3,(H,26,28). The summed E-state index contributed by atoms with van der Waals surface area (Å²) in [6.07, 6.45) is 1.74. The van der Waals surface area contributed by atoms with Gasteiger partial charge in [-0.2, -0.15) is 8.68 Å². The molecule has 8 heteroatoms. The molecule has 4 aromatic rings. The lowest BCUT2D eigenvalue weighted by atomic mass is 10.1. The molecule has 164 valence electrons. The normalized spacial score (nSPS) is 11.7. The molecule has 0 aliphatic carbocycles. The Morgan fingerprint density at radius 3 is 2.31 bits per heavy atom. The highest BCUT2D eigenvalue weighted by atomic mass is 32.2. The van der Waals surface area contributed by atoms with Crippen molar-refractivity contribution in [3.05, 3.63) is 89.6 Å². The molecule has 1 amide bonds. The number of aryl methyl sites for hydroxylation is 2. The van der Waals surface area contributed by atoms with Gasteiger partial charge in [-0.1, -0.05) is 47.5 Å². The van der Waals surface area contributed by atoms with Crippen LogP contribution in [-0.4, -0.2) is 29.5 Å². The van der Waals surface area contributed by atoms with Crippen molar-refractivity contribution < 1.29 is 13.2 Å². The molecule has 0 radical (unpaired) electrons. The van der Waals surface area contributed by atoms with E-state index < -0.39 is 15.9 Å². The first kappa shape index (κ1) is 22.1. The highest BCUT2D eigenvalue weighted by molar-refractivity contribution is 7.89. The van der Waals surface area contributed by atoms with Crippen molar-refractivity contribution in [1.82, 2.24) is 8.68 Å². The third-order valence-electron chi connectivity index (χ3n) is 5.09. The Hall–Kier alpha value is -3.07. The Balaban J connectivity index is 1.59. The smallest absolute Gasteiger partial charge is 0.243 e. The molecule has 0 aliphatic rings. The number of hydrogen-bond donors (Lipinski definition) is 1. The van der Waals surface area contributed by atoms with E-state index in [1.54, 1.807) is 36.5 Å². The van der Waals surface area contributed by atoms with Gasteiger partial charge in [0.25, 0.3) is 0 Å². The van der Waals surface area contributed by atoms with E-state index in [9.17, 15) is 13.2 Å². The summed E-state index contributed by atoms with van der Waals surface area (Å²) in [7, 11) is -3.88. The third kappa shape index (κ3) is 5.04. The van der Waals surface area contributed by atoms with Gasteiger partial charge in [0.15, 0.2) is 0 Å². The molecular formula is C24H23N3O3S2. The van der Waals surface area contributed by atoms with E-state index in [0.717, 1.165) is 26.8 Å². The maximum atomic E-state index is 13.4. The zero-order chi connectivity index (χ0) is 22.7. The summed E-state index contributed by atoms with van der Waals surface area (Å²) in [4.78, 5) is 13.0. The number of nitrogens with zero attached hydrogens (tertiary/aromatic N) is 2. The number of amides is 1. The van der Waals surface area contributed by atoms with E-state index in [-0.39, 0.29) is 18.0 Å². The molecule has 4 rings (SSSR count). The number of sulfonamides is 1. The second kappa shape index (κ2) is 9.20. The van der Waals surface area contributed by atoms with Crippen LogP contribution in [0.1, 0.15) is 16.7 Å². The minimum Gasteiger partial charge on any atom is -0.325 e. The number of nitrogens with one attached hydrogen (secondary N) is 1. The van der Waals surface area contributed by atoms with Gasteiger partial charge in [0.1, 0.15) is 0 Å². The van der Waals surface area contributed by atoms with Crippen molar-refractivity contribution in [2.75, 3.05) is 11.9 Å². The predicted molar refractivity (Wildman–Crippen MR) is 128 cm³/mol. The molecule has 0 unspecified atom stereocenters. The minimum atomic E-state index is -3.88. The SMILES string of the molecule is Cc1ccc(CN(CC(=O)Nc2ccc3sncc3c2)S(=O)(=O)c2ccc(C)cc2)cc1. The van der Waals surface area contributed by atoms with Crippen molar-refractivity contribution in [2.45, 2.75) is 25.3 Å². The number of rotatable bonds is 7. The molecule has 1 N–H and O–H groups in total. The van der Waals surface area contributed by atoms with Crippen LogP contribution in [0.3, 0.4) is 0 Å². The minimum absolute atomic E-state index is 0.0946. The van der Waals surface area contributed by atoms with E-state index in [2.05, 4.69) is 9.69 Å². The fourth-order valence-corrected chi connectivity index (χ4v) is 5.30. The van der Waals surface area contributed by atoms with Crippen LogP contribution in [0, 0.1) is 13.8 Å². The summed E-state index contributed by atoms with van der Waals surface area (Å²) >= 11 is 1.38. The van der Waals surface area contributed by atoms with E-state index in [4.69, 9.17) is 0 Å². The molecule has 0 aliphatic heterocycles. The zero-order valence-corrected chi connectivity index (χ0v) is 19.4. The summed E-state index contributed by atoms with van der Waals surface area (Å²) in [5, 5.41) is 3.74. The lowest BCUT2D eigenvalue weighted by Gasteiger charge is -2.22. The zero-order valence-electron chi connectivity index (χ0n) is 17.8. The summed E-state index contributed by atoms with van der Waals surface area (Å²) in [5.41, 5.74) is 3.46. The molecule has 6 nitrogen and oxygen atoms in total. The maximum absolute atomic E-state index is 13.4. The summed E-state index contributed by atoms with van der Waals surface area (Å²) in [6, 6.07) is 19.8. The summed E-state index contributed by atoms with van der Waals surface area (Å²) in [6.45, 7) is 3.66. The molecule has 0 saturated carbocycles. The van der Waals surface area contributed by atoms with Gasteiger partial charge in [-0.05, 0) is 61.3 Å². The van der Waals surface area contributed by atoms with Gasteiger partial charge in [-0.3, -0.25) is 4.79 Å². The van der Waals surface area contributed by atoms with Crippen LogP contribution in [0.15, 0.2) is 77.8 Å². The molecule has 32 heavy (non-hydrogen) atoms. The molecule has 3 aromatic carbocycles. The molecular weight excluding hydrogens is 442 g/mol. The number of anilines is 1. The number of fused-ring (bicyclic) bond motifs is 1. The second-order valence-electron chi connectivity index (χ2n) is 7.70. The third-order valence-corrected chi connectivity index (χ3v) is 7.68. The Labute approximate surface area is 191 Å². The van der Waals surface area contributed by atoms with Gasteiger partial charge < -0.3 is 5.32 Å². The van der Waals surface area contributed by atoms with Crippen LogP contribution in [0.2, 0.25) is 0 Å². The number of hydrogen-bond acceptors (Lipinski definition) is 5. The van der Waals surface area contributed by atoms with Gasteiger partial charge in [0, 0.05) is 23.8 Å². The number of carbonyl (C=O) groups excluding carboxylic acids is 1. The molecule has 0 bridgehead atoms. The first-order valence-electron chi connectivity index (χ1n) is 10.1. The molecule has 0 saturated heterocycles. The molecule has 0 fully saturated rings. The first-order chi connectivity index (χ1) is 15.3. The summed E-state index contributed by atoms with van der Waals surface area (Å²) < 4.78 is 33.1. The number of benzene rings is 3. The van der Waals surface area contributed by atoms with Crippen LogP contribution in [-0.2, 0) is 21.4 Å². The quantitative estimate of drug-likeness (QED) is 0.427. The van der Waals surface area contributed by atoms with E-state index in [0.29, 0.717) is 5.69 Å². The lowest BCUT2D eigenvalue weighted by molar-refractivity contribution is -0.116. The van der Waals surface area contributed by atoms with E-state index >= 15 is 0 Å². The van der Waals surface area contributed by atoms with Crippen LogP contribution in [0.4, 0.5) is 5.69 Å². The highest BCUT2D eigenvalue weighted by Crippen LogP contribution is 2.23. The van der Waals surface area contributed by atoms with Crippen molar-refractivity contribution in [3.8, 4) is 0 Å². The summed E-state index contributed by atoms with van der Waals surface area (Å²) in [5.74, 6) is -0.407. The molecule has 0 spiro atoms. The molecule has 1 aromatic heterocycles. The first-order valence-corrected chi connectivity index (χ1v) is 12.3. The van der Waals surface area contributed by atoms with Crippen molar-refractivity contribution in [2.24, 2.45) is 0 Å². The second-order valence-corrected chi connectivity index (χ2v) is 10.5. The fraction of sp³-hybridized carbons (Fsp3) is 0.167. The number of carbonyl (C=O) groups is 1. The van der Waals surface area contributed by atoms with Gasteiger partial charge >= 0.3 is 0 Å². The Morgan fingerprint density at radius 2 is 1.62 bits per heavy atom. The van der Waals surface area contributed by atoms with E-state index in [1.807, 2.05) is 50.2 Å². The van der Waals surface area contributed by atoms with Crippen LogP contribution in [0.5, 0.6) is 0 Å². The Bertz CT molecular complexity index is 1350. The van der Waals surface area contributed by atoms with Crippen LogP contribution < -0.4 is 5.32 Å². The Kier molecular flexibility index (Phi) is 6.36. The van der Waals surface area contributed by atoms with Gasteiger partial charge in [-0.15, -0.1) is 0 Å². The Morgan fingerprint density at radius 1 is 0.969 bits per heavy atom. The average molecular weight is 466 g/mol. The predicted octanol–water partition coefficient (Wildman–Crippen LogP) is 4.74. The van der Waals surface area contributed by atoms with Crippen molar-refractivity contribution in [1.29, 1.82) is 0 Å². The highest BCUT2D eigenvalue weighted by Gasteiger charge is 2.27. The van der Waals surface area contributed by atoms with Crippen LogP contribution >= 0.6 is 11.5 Å². The van der Waals surface area contributed by atoms with Gasteiger partial charge in [0.05, 0.1) is 16.1 Å². The van der Waals surface area contributed by atoms with Gasteiger partial charge in [-0.25, -0.2) is 8.42 Å².